The highest BCUT2D eigenvalue weighted by Crippen LogP contribution is 2.50. The molecule has 4 nitrogen and oxygen atoms in total. The molecule has 0 aromatic heterocycles. The van der Waals surface area contributed by atoms with Crippen molar-refractivity contribution in [2.45, 2.75) is 76.7 Å². The van der Waals surface area contributed by atoms with Crippen molar-refractivity contribution in [1.29, 1.82) is 0 Å². The zero-order chi connectivity index (χ0) is 29.1. The number of rotatable bonds is 5. The van der Waals surface area contributed by atoms with Crippen LogP contribution in [-0.4, -0.2) is 20.9 Å². The molecular weight excluding hydrogens is 496 g/mol. The zero-order valence-corrected chi connectivity index (χ0v) is 24.5. The Hall–Kier alpha value is -3.92. The van der Waals surface area contributed by atoms with Gasteiger partial charge in [-0.3, -0.25) is 0 Å². The Morgan fingerprint density at radius 3 is 1.77 bits per heavy atom. The summed E-state index contributed by atoms with van der Waals surface area (Å²) in [5.41, 5.74) is 4.86. The van der Waals surface area contributed by atoms with Gasteiger partial charge in [-0.1, -0.05) is 83.1 Å². The van der Waals surface area contributed by atoms with Crippen LogP contribution in [0.15, 0.2) is 84.9 Å². The van der Waals surface area contributed by atoms with Crippen molar-refractivity contribution >= 4 is 0 Å². The summed E-state index contributed by atoms with van der Waals surface area (Å²) in [5.74, 6) is 1.61. The third-order valence-corrected chi connectivity index (χ3v) is 8.95. The predicted molar refractivity (Wildman–Crippen MR) is 161 cm³/mol. The standard InChI is InChI=1S/C36H40O4/c1-33(2)22-36(7,24-10-16-28(38)17-11-24)30-21-26(13-19-32(30)40-33)34(3,4)25-12-18-31(39)29(20-25)35(5,6)23-8-14-27(37)15-9-23/h8-21,37-39H,22H2,1-7H3. The van der Waals surface area contributed by atoms with Crippen LogP contribution in [0.4, 0.5) is 0 Å². The molecule has 0 amide bonds. The average Bonchev–Trinajstić information content (AvgIpc) is 2.88. The summed E-state index contributed by atoms with van der Waals surface area (Å²) in [6.07, 6.45) is 0.797. The average molecular weight is 537 g/mol. The minimum atomic E-state index is -0.476. The molecule has 4 aromatic carbocycles. The van der Waals surface area contributed by atoms with Gasteiger partial charge in [0.15, 0.2) is 0 Å². The molecule has 3 N–H and O–H groups in total. The Balaban J connectivity index is 1.61. The van der Waals surface area contributed by atoms with E-state index in [1.54, 1.807) is 30.3 Å². The van der Waals surface area contributed by atoms with Crippen LogP contribution in [0.3, 0.4) is 0 Å². The van der Waals surface area contributed by atoms with Crippen LogP contribution >= 0.6 is 0 Å². The van der Waals surface area contributed by atoms with E-state index < -0.39 is 5.41 Å². The predicted octanol–water partition coefficient (Wildman–Crippen LogP) is 8.32. The first-order chi connectivity index (χ1) is 18.6. The van der Waals surface area contributed by atoms with E-state index in [4.69, 9.17) is 4.74 Å². The second-order valence-electron chi connectivity index (χ2n) is 13.2. The van der Waals surface area contributed by atoms with Crippen molar-refractivity contribution in [3.63, 3.8) is 0 Å². The molecule has 1 atom stereocenters. The van der Waals surface area contributed by atoms with Crippen LogP contribution in [-0.2, 0) is 16.2 Å². The van der Waals surface area contributed by atoms with Crippen molar-refractivity contribution in [2.24, 2.45) is 0 Å². The molecule has 4 heteroatoms. The molecule has 1 aliphatic heterocycles. The normalized spacial score (nSPS) is 18.6. The second-order valence-corrected chi connectivity index (χ2v) is 13.2. The Bertz CT molecular complexity index is 1550. The fourth-order valence-electron chi connectivity index (χ4n) is 6.43. The van der Waals surface area contributed by atoms with E-state index >= 15 is 0 Å². The molecule has 5 rings (SSSR count). The van der Waals surface area contributed by atoms with Gasteiger partial charge < -0.3 is 20.1 Å². The van der Waals surface area contributed by atoms with Gasteiger partial charge in [-0.2, -0.15) is 0 Å². The lowest BCUT2D eigenvalue weighted by Gasteiger charge is -2.45. The zero-order valence-electron chi connectivity index (χ0n) is 24.5. The molecule has 0 radical (unpaired) electrons. The highest BCUT2D eigenvalue weighted by Gasteiger charge is 2.44. The first-order valence-electron chi connectivity index (χ1n) is 13.9. The number of phenolic OH excluding ortho intramolecular Hbond substituents is 3. The SMILES string of the molecule is CC1(C)CC(C)(c2ccc(O)cc2)c2cc(C(C)(C)c3ccc(O)c(C(C)(C)c4ccc(O)cc4)c3)ccc2O1. The minimum Gasteiger partial charge on any atom is -0.508 e. The summed E-state index contributed by atoms with van der Waals surface area (Å²) in [7, 11) is 0. The molecule has 1 unspecified atom stereocenters. The van der Waals surface area contributed by atoms with Crippen LogP contribution < -0.4 is 4.74 Å². The van der Waals surface area contributed by atoms with Crippen molar-refractivity contribution in [1.82, 2.24) is 0 Å². The summed E-state index contributed by atoms with van der Waals surface area (Å²) in [4.78, 5) is 0. The number of phenols is 3. The van der Waals surface area contributed by atoms with Gasteiger partial charge in [-0.25, -0.2) is 0 Å². The molecule has 0 fully saturated rings. The molecule has 208 valence electrons. The number of hydrogen-bond acceptors (Lipinski definition) is 4. The van der Waals surface area contributed by atoms with Crippen LogP contribution in [0.5, 0.6) is 23.0 Å². The van der Waals surface area contributed by atoms with Gasteiger partial charge in [0.25, 0.3) is 0 Å². The van der Waals surface area contributed by atoms with Gasteiger partial charge >= 0.3 is 0 Å². The van der Waals surface area contributed by atoms with Gasteiger partial charge in [0.1, 0.15) is 28.6 Å². The number of benzene rings is 4. The van der Waals surface area contributed by atoms with E-state index in [9.17, 15) is 15.3 Å². The first kappa shape index (κ1) is 27.6. The highest BCUT2D eigenvalue weighted by molar-refractivity contribution is 5.55. The second kappa shape index (κ2) is 9.33. The smallest absolute Gasteiger partial charge is 0.124 e. The van der Waals surface area contributed by atoms with Crippen molar-refractivity contribution in [3.8, 4) is 23.0 Å². The van der Waals surface area contributed by atoms with Crippen LogP contribution in [0.2, 0.25) is 0 Å². The maximum atomic E-state index is 11.0. The van der Waals surface area contributed by atoms with Crippen molar-refractivity contribution in [3.05, 3.63) is 118 Å². The lowest BCUT2D eigenvalue weighted by molar-refractivity contribution is 0.0582. The van der Waals surface area contributed by atoms with E-state index in [1.165, 1.54) is 0 Å². The molecule has 40 heavy (non-hydrogen) atoms. The molecule has 0 saturated heterocycles. The van der Waals surface area contributed by atoms with Crippen molar-refractivity contribution in [2.75, 3.05) is 0 Å². The molecule has 1 heterocycles. The Morgan fingerprint density at radius 2 is 1.15 bits per heavy atom. The van der Waals surface area contributed by atoms with Gasteiger partial charge in [0.2, 0.25) is 0 Å². The van der Waals surface area contributed by atoms with E-state index in [1.807, 2.05) is 30.3 Å². The summed E-state index contributed by atoms with van der Waals surface area (Å²) in [6, 6.07) is 27.1. The Labute approximate surface area is 237 Å². The number of ether oxygens (including phenoxy) is 1. The fraction of sp³-hybridized carbons (Fsp3) is 0.333. The van der Waals surface area contributed by atoms with Crippen molar-refractivity contribution < 1.29 is 20.1 Å². The van der Waals surface area contributed by atoms with Gasteiger partial charge in [-0.15, -0.1) is 0 Å². The molecule has 0 spiro atoms. The van der Waals surface area contributed by atoms with E-state index in [2.05, 4.69) is 72.7 Å². The largest absolute Gasteiger partial charge is 0.508 e. The molecular formula is C36H40O4. The van der Waals surface area contributed by atoms with E-state index in [-0.39, 0.29) is 33.7 Å². The first-order valence-corrected chi connectivity index (χ1v) is 13.9. The lowest BCUT2D eigenvalue weighted by atomic mass is 9.66. The van der Waals surface area contributed by atoms with E-state index in [0.29, 0.717) is 0 Å². The third kappa shape index (κ3) is 4.70. The third-order valence-electron chi connectivity index (χ3n) is 8.95. The number of hydrogen-bond donors (Lipinski definition) is 3. The van der Waals surface area contributed by atoms with Gasteiger partial charge in [-0.05, 0) is 72.5 Å². The quantitative estimate of drug-likeness (QED) is 0.240. The van der Waals surface area contributed by atoms with E-state index in [0.717, 1.165) is 45.6 Å². The summed E-state index contributed by atoms with van der Waals surface area (Å²) >= 11 is 0. The van der Waals surface area contributed by atoms with Gasteiger partial charge in [0.05, 0.1) is 0 Å². The molecule has 1 aliphatic rings. The fourth-order valence-corrected chi connectivity index (χ4v) is 6.43. The molecule has 4 aromatic rings. The molecule has 0 aliphatic carbocycles. The monoisotopic (exact) mass is 536 g/mol. The Kier molecular flexibility index (Phi) is 6.45. The minimum absolute atomic E-state index is 0.220. The maximum absolute atomic E-state index is 11.0. The maximum Gasteiger partial charge on any atom is 0.124 e. The summed E-state index contributed by atoms with van der Waals surface area (Å²) in [5, 5.41) is 30.7. The summed E-state index contributed by atoms with van der Waals surface area (Å²) in [6.45, 7) is 15.1. The van der Waals surface area contributed by atoms with Crippen LogP contribution in [0.25, 0.3) is 0 Å². The number of fused-ring (bicyclic) bond motifs is 1. The number of aromatic hydroxyl groups is 3. The topological polar surface area (TPSA) is 69.9 Å². The highest BCUT2D eigenvalue weighted by atomic mass is 16.5. The lowest BCUT2D eigenvalue weighted by Crippen LogP contribution is -2.43. The molecule has 0 saturated carbocycles. The summed E-state index contributed by atoms with van der Waals surface area (Å²) < 4.78 is 6.47. The van der Waals surface area contributed by atoms with Crippen LogP contribution in [0, 0.1) is 0 Å². The van der Waals surface area contributed by atoms with Gasteiger partial charge in [0, 0.05) is 33.8 Å². The Morgan fingerprint density at radius 1 is 0.625 bits per heavy atom. The van der Waals surface area contributed by atoms with Crippen LogP contribution in [0.1, 0.15) is 88.3 Å². The molecule has 0 bridgehead atoms.